The maximum Gasteiger partial charge on any atom is 0.178 e. The lowest BCUT2D eigenvalue weighted by Crippen LogP contribution is -2.02. The smallest absolute Gasteiger partial charge is 0.178 e. The highest BCUT2D eigenvalue weighted by Crippen LogP contribution is 2.45. The molecule has 1 aliphatic carbocycles. The minimum Gasteiger partial charge on any atom is -0.496 e. The van der Waals surface area contributed by atoms with Crippen LogP contribution in [0.15, 0.2) is 30.3 Å². The van der Waals surface area contributed by atoms with Crippen molar-refractivity contribution in [2.75, 3.05) is 7.11 Å². The van der Waals surface area contributed by atoms with Crippen LogP contribution in [0, 0.1) is 6.92 Å². The molecule has 0 radical (unpaired) electrons. The lowest BCUT2D eigenvalue weighted by atomic mass is 9.97. The van der Waals surface area contributed by atoms with Crippen LogP contribution in [0.1, 0.15) is 47.4 Å². The highest BCUT2D eigenvalue weighted by Gasteiger charge is 2.29. The van der Waals surface area contributed by atoms with Crippen LogP contribution in [0.4, 0.5) is 0 Å². The Morgan fingerprint density at radius 3 is 2.57 bits per heavy atom. The van der Waals surface area contributed by atoms with Gasteiger partial charge in [-0.15, -0.1) is 0 Å². The molecule has 3 nitrogen and oxygen atoms in total. The first-order valence-corrected chi connectivity index (χ1v) is 7.27. The zero-order valence-corrected chi connectivity index (χ0v) is 12.6. The molecule has 21 heavy (non-hydrogen) atoms. The Labute approximate surface area is 125 Å². The van der Waals surface area contributed by atoms with E-state index in [1.165, 1.54) is 0 Å². The predicted octanol–water partition coefficient (Wildman–Crippen LogP) is 4.15. The number of methoxy groups -OCH3 is 1. The van der Waals surface area contributed by atoms with Crippen molar-refractivity contribution in [1.82, 2.24) is 4.98 Å². The lowest BCUT2D eigenvalue weighted by Gasteiger charge is -2.14. The van der Waals surface area contributed by atoms with E-state index in [4.69, 9.17) is 4.74 Å². The Bertz CT molecular complexity index is 702. The number of ketones is 1. The zero-order valence-electron chi connectivity index (χ0n) is 12.6. The van der Waals surface area contributed by atoms with Gasteiger partial charge < -0.3 is 4.74 Å². The van der Waals surface area contributed by atoms with Gasteiger partial charge in [-0.3, -0.25) is 4.79 Å². The summed E-state index contributed by atoms with van der Waals surface area (Å²) in [6.07, 6.45) is 2.30. The molecule has 1 fully saturated rings. The number of pyridine rings is 1. The summed E-state index contributed by atoms with van der Waals surface area (Å²) in [4.78, 5) is 16.2. The van der Waals surface area contributed by atoms with Crippen molar-refractivity contribution in [3.05, 3.63) is 47.3 Å². The van der Waals surface area contributed by atoms with Crippen LogP contribution in [0.25, 0.3) is 11.1 Å². The number of ether oxygens (including phenoxy) is 1. The zero-order chi connectivity index (χ0) is 15.0. The molecule has 0 spiro atoms. The van der Waals surface area contributed by atoms with Gasteiger partial charge in [0.1, 0.15) is 11.4 Å². The number of para-hydroxylation sites is 1. The average molecular weight is 281 g/mol. The Morgan fingerprint density at radius 2 is 1.95 bits per heavy atom. The van der Waals surface area contributed by atoms with E-state index in [1.807, 2.05) is 31.2 Å². The van der Waals surface area contributed by atoms with E-state index in [0.29, 0.717) is 11.6 Å². The van der Waals surface area contributed by atoms with Gasteiger partial charge >= 0.3 is 0 Å². The van der Waals surface area contributed by atoms with Crippen LogP contribution < -0.4 is 4.74 Å². The van der Waals surface area contributed by atoms with Crippen LogP contribution in [-0.4, -0.2) is 17.9 Å². The fraction of sp³-hybridized carbons (Fsp3) is 0.333. The van der Waals surface area contributed by atoms with E-state index >= 15 is 0 Å². The van der Waals surface area contributed by atoms with Gasteiger partial charge in [0.2, 0.25) is 0 Å². The number of benzene rings is 1. The Balaban J connectivity index is 2.18. The van der Waals surface area contributed by atoms with Gasteiger partial charge in [0.15, 0.2) is 5.78 Å². The fourth-order valence-corrected chi connectivity index (χ4v) is 2.70. The molecular formula is C18H19NO2. The molecule has 0 atom stereocenters. The van der Waals surface area contributed by atoms with Crippen LogP contribution in [0.2, 0.25) is 0 Å². The number of hydrogen-bond acceptors (Lipinski definition) is 3. The summed E-state index contributed by atoms with van der Waals surface area (Å²) >= 11 is 0. The number of aromatic nitrogens is 1. The summed E-state index contributed by atoms with van der Waals surface area (Å²) < 4.78 is 5.57. The minimum atomic E-state index is 0.0136. The van der Waals surface area contributed by atoms with Crippen molar-refractivity contribution in [3.8, 4) is 16.9 Å². The maximum atomic E-state index is 11.6. The first-order chi connectivity index (χ1) is 10.1. The van der Waals surface area contributed by atoms with Crippen LogP contribution >= 0.6 is 0 Å². The number of rotatable bonds is 4. The Morgan fingerprint density at radius 1 is 1.19 bits per heavy atom. The van der Waals surface area contributed by atoms with Crippen molar-refractivity contribution in [1.29, 1.82) is 0 Å². The monoisotopic (exact) mass is 281 g/mol. The first-order valence-electron chi connectivity index (χ1n) is 7.27. The van der Waals surface area contributed by atoms with E-state index in [1.54, 1.807) is 14.0 Å². The van der Waals surface area contributed by atoms with Gasteiger partial charge in [0.05, 0.1) is 12.8 Å². The quantitative estimate of drug-likeness (QED) is 0.790. The molecule has 3 heteroatoms. The summed E-state index contributed by atoms with van der Waals surface area (Å²) in [5.41, 5.74) is 4.83. The number of nitrogens with zero attached hydrogens (tertiary/aromatic N) is 1. The van der Waals surface area contributed by atoms with E-state index in [-0.39, 0.29) is 5.78 Å². The van der Waals surface area contributed by atoms with Crippen LogP contribution in [0.3, 0.4) is 0 Å². The first kappa shape index (κ1) is 13.8. The Kier molecular flexibility index (Phi) is 3.50. The molecule has 1 aromatic carbocycles. The SMILES string of the molecule is COc1c(C)cccc1-c1ccc(C(C)=O)nc1C1CC1. The molecule has 1 saturated carbocycles. The molecule has 0 amide bonds. The van der Waals surface area contributed by atoms with Crippen molar-refractivity contribution in [3.63, 3.8) is 0 Å². The molecule has 0 aliphatic heterocycles. The van der Waals surface area contributed by atoms with Crippen molar-refractivity contribution < 1.29 is 9.53 Å². The molecule has 1 aliphatic rings. The number of carbonyl (C=O) groups is 1. The third-order valence-electron chi connectivity index (χ3n) is 3.96. The molecule has 0 saturated heterocycles. The Hall–Kier alpha value is -2.16. The number of hydrogen-bond donors (Lipinski definition) is 0. The number of carbonyl (C=O) groups excluding carboxylic acids is 1. The molecule has 0 bridgehead atoms. The highest BCUT2D eigenvalue weighted by atomic mass is 16.5. The molecule has 0 N–H and O–H groups in total. The van der Waals surface area contributed by atoms with Crippen molar-refractivity contribution >= 4 is 5.78 Å². The molecule has 2 aromatic rings. The number of Topliss-reactive ketones (excluding diaryl/α,β-unsaturated/α-hetero) is 1. The second-order valence-corrected chi connectivity index (χ2v) is 5.62. The molecule has 0 unspecified atom stereocenters. The normalized spacial score (nSPS) is 14.0. The molecule has 1 heterocycles. The molecule has 1 aromatic heterocycles. The van der Waals surface area contributed by atoms with Gasteiger partial charge in [-0.25, -0.2) is 4.98 Å². The summed E-state index contributed by atoms with van der Waals surface area (Å²) in [7, 11) is 1.69. The van der Waals surface area contributed by atoms with Gasteiger partial charge in [-0.1, -0.05) is 24.3 Å². The molecule has 108 valence electrons. The van der Waals surface area contributed by atoms with Gasteiger partial charge in [-0.05, 0) is 31.4 Å². The lowest BCUT2D eigenvalue weighted by molar-refractivity contribution is 0.101. The van der Waals surface area contributed by atoms with Crippen LogP contribution in [-0.2, 0) is 0 Å². The van der Waals surface area contributed by atoms with Crippen LogP contribution in [0.5, 0.6) is 5.75 Å². The summed E-state index contributed by atoms with van der Waals surface area (Å²) in [6.45, 7) is 3.60. The maximum absolute atomic E-state index is 11.6. The van der Waals surface area contributed by atoms with E-state index < -0.39 is 0 Å². The summed E-state index contributed by atoms with van der Waals surface area (Å²) in [5, 5.41) is 0. The third-order valence-corrected chi connectivity index (χ3v) is 3.96. The standard InChI is InChI=1S/C18H19NO2/c1-11-5-4-6-15(18(11)21-3)14-9-10-16(12(2)20)19-17(14)13-7-8-13/h4-6,9-10,13H,7-8H2,1-3H3. The highest BCUT2D eigenvalue weighted by molar-refractivity contribution is 5.92. The largest absolute Gasteiger partial charge is 0.496 e. The van der Waals surface area contributed by atoms with Gasteiger partial charge in [0, 0.05) is 24.0 Å². The second-order valence-electron chi connectivity index (χ2n) is 5.62. The fourth-order valence-electron chi connectivity index (χ4n) is 2.70. The third kappa shape index (κ3) is 2.56. The predicted molar refractivity (Wildman–Crippen MR) is 82.9 cm³/mol. The van der Waals surface area contributed by atoms with E-state index in [9.17, 15) is 4.79 Å². The number of aryl methyl sites for hydroxylation is 1. The van der Waals surface area contributed by atoms with Crippen molar-refractivity contribution in [2.45, 2.75) is 32.6 Å². The minimum absolute atomic E-state index is 0.0136. The molecule has 3 rings (SSSR count). The molecular weight excluding hydrogens is 262 g/mol. The van der Waals surface area contributed by atoms with E-state index in [0.717, 1.165) is 41.0 Å². The van der Waals surface area contributed by atoms with E-state index in [2.05, 4.69) is 11.1 Å². The summed E-state index contributed by atoms with van der Waals surface area (Å²) in [5.74, 6) is 1.38. The second kappa shape index (κ2) is 5.32. The van der Waals surface area contributed by atoms with Gasteiger partial charge in [0.25, 0.3) is 0 Å². The average Bonchev–Trinajstić information content (AvgIpc) is 3.31. The van der Waals surface area contributed by atoms with Gasteiger partial charge in [-0.2, -0.15) is 0 Å². The summed E-state index contributed by atoms with van der Waals surface area (Å²) in [6, 6.07) is 9.95. The topological polar surface area (TPSA) is 39.2 Å². The van der Waals surface area contributed by atoms with Crippen molar-refractivity contribution in [2.24, 2.45) is 0 Å².